The molecule has 8 heteroatoms. The minimum absolute atomic E-state index is 0. The highest BCUT2D eigenvalue weighted by Gasteiger charge is 2.27. The lowest BCUT2D eigenvalue weighted by Gasteiger charge is -2.24. The molecule has 190 valence electrons. The Morgan fingerprint density at radius 1 is 0.892 bits per heavy atom. The van der Waals surface area contributed by atoms with Gasteiger partial charge in [0, 0.05) is 34.9 Å². The number of ether oxygens (including phenoxy) is 1. The highest BCUT2D eigenvalue weighted by atomic mass is 35.5. The highest BCUT2D eigenvalue weighted by Crippen LogP contribution is 2.33. The molecule has 0 spiro atoms. The molecule has 2 aromatic heterocycles. The number of H-pyrrole nitrogens is 1. The second kappa shape index (κ2) is 12.4. The van der Waals surface area contributed by atoms with Crippen LogP contribution in [0.5, 0.6) is 5.88 Å². The summed E-state index contributed by atoms with van der Waals surface area (Å²) in [5.74, 6) is 0.0523. The molecule has 0 fully saturated rings. The van der Waals surface area contributed by atoms with Crippen LogP contribution in [0.4, 0.5) is 5.69 Å². The molecule has 4 N–H and O–H groups in total. The number of aromatic nitrogens is 2. The van der Waals surface area contributed by atoms with Crippen LogP contribution in [0.2, 0.25) is 0 Å². The predicted octanol–water partition coefficient (Wildman–Crippen LogP) is 6.18. The Balaban J connectivity index is 0.00000190. The number of aromatic amines is 1. The van der Waals surface area contributed by atoms with Crippen LogP contribution < -0.4 is 15.8 Å². The Bertz CT molecular complexity index is 1400. The van der Waals surface area contributed by atoms with Gasteiger partial charge in [-0.3, -0.25) is 4.79 Å². The quantitative estimate of drug-likeness (QED) is 0.232. The van der Waals surface area contributed by atoms with Crippen LogP contribution in [-0.2, 0) is 4.79 Å². The van der Waals surface area contributed by atoms with E-state index in [0.29, 0.717) is 11.6 Å². The number of carbonyl (C=O) groups excluding carboxylic acids is 1. The number of carbonyl (C=O) groups is 1. The Hall–Kier alpha value is -3.84. The van der Waals surface area contributed by atoms with Gasteiger partial charge in [0.2, 0.25) is 11.8 Å². The van der Waals surface area contributed by atoms with Gasteiger partial charge in [-0.25, -0.2) is 4.98 Å². The highest BCUT2D eigenvalue weighted by molar-refractivity contribution is 5.98. The number of methoxy groups -OCH3 is 1. The molecule has 5 rings (SSSR count). The van der Waals surface area contributed by atoms with E-state index in [0.717, 1.165) is 33.2 Å². The predicted molar refractivity (Wildman–Crippen MR) is 154 cm³/mol. The first-order valence-electron chi connectivity index (χ1n) is 11.4. The maximum Gasteiger partial charge on any atom is 0.242 e. The van der Waals surface area contributed by atoms with Crippen LogP contribution in [0.15, 0.2) is 103 Å². The van der Waals surface area contributed by atoms with Gasteiger partial charge < -0.3 is 20.8 Å². The minimum atomic E-state index is -0.759. The summed E-state index contributed by atoms with van der Waals surface area (Å²) in [5.41, 5.74) is 12.0. The number of pyridine rings is 1. The summed E-state index contributed by atoms with van der Waals surface area (Å²) in [5, 5.41) is 4.00. The maximum atomic E-state index is 13.2. The fourth-order valence-corrected chi connectivity index (χ4v) is 4.45. The summed E-state index contributed by atoms with van der Waals surface area (Å²) in [6, 6.07) is 28.7. The molecule has 0 aliphatic heterocycles. The third kappa shape index (κ3) is 5.78. The van der Waals surface area contributed by atoms with Crippen LogP contribution in [-0.4, -0.2) is 29.0 Å². The van der Waals surface area contributed by atoms with Crippen LogP contribution in [0.3, 0.4) is 0 Å². The van der Waals surface area contributed by atoms with Gasteiger partial charge in [0.15, 0.2) is 0 Å². The number of benzene rings is 3. The van der Waals surface area contributed by atoms with Crippen molar-refractivity contribution in [2.75, 3.05) is 12.4 Å². The van der Waals surface area contributed by atoms with Gasteiger partial charge in [-0.2, -0.15) is 0 Å². The zero-order valence-corrected chi connectivity index (χ0v) is 21.8. The average molecular weight is 535 g/mol. The van der Waals surface area contributed by atoms with Gasteiger partial charge in [-0.1, -0.05) is 72.8 Å². The number of hydrogen-bond acceptors (Lipinski definition) is 4. The summed E-state index contributed by atoms with van der Waals surface area (Å²) < 4.78 is 5.34. The first-order valence-corrected chi connectivity index (χ1v) is 11.4. The lowest BCUT2D eigenvalue weighted by atomic mass is 9.85. The largest absolute Gasteiger partial charge is 0.479 e. The molecule has 1 amide bonds. The number of anilines is 1. The normalized spacial score (nSPS) is 11.3. The molecule has 5 aromatic rings. The van der Waals surface area contributed by atoms with Crippen molar-refractivity contribution in [1.82, 2.24) is 9.97 Å². The number of halogens is 2. The average Bonchev–Trinajstić information content (AvgIpc) is 3.40. The van der Waals surface area contributed by atoms with Gasteiger partial charge in [-0.15, -0.1) is 24.8 Å². The molecule has 2 heterocycles. The van der Waals surface area contributed by atoms with Gasteiger partial charge >= 0.3 is 0 Å². The summed E-state index contributed by atoms with van der Waals surface area (Å²) in [6.45, 7) is 0. The van der Waals surface area contributed by atoms with Crippen molar-refractivity contribution in [2.45, 2.75) is 12.0 Å². The number of amides is 1. The van der Waals surface area contributed by atoms with Gasteiger partial charge in [0.05, 0.1) is 13.2 Å². The SMILES string of the molecule is COc1ncc(-c2ccc(NC(=O)C(N)C(c3ccccc3)c3ccccc3)cc2)c2cc[nH]c12.Cl.Cl. The molecule has 1 atom stereocenters. The third-order valence-electron chi connectivity index (χ3n) is 6.20. The van der Waals surface area contributed by atoms with E-state index in [4.69, 9.17) is 10.5 Å². The number of nitrogens with one attached hydrogen (secondary N) is 2. The van der Waals surface area contributed by atoms with E-state index in [1.165, 1.54) is 0 Å². The molecule has 0 bridgehead atoms. The second-order valence-electron chi connectivity index (χ2n) is 8.34. The van der Waals surface area contributed by atoms with E-state index in [1.54, 1.807) is 13.3 Å². The summed E-state index contributed by atoms with van der Waals surface area (Å²) >= 11 is 0. The number of nitrogens with two attached hydrogens (primary N) is 1. The third-order valence-corrected chi connectivity index (χ3v) is 6.20. The fraction of sp³-hybridized carbons (Fsp3) is 0.103. The second-order valence-corrected chi connectivity index (χ2v) is 8.34. The van der Waals surface area contributed by atoms with E-state index < -0.39 is 6.04 Å². The van der Waals surface area contributed by atoms with Crippen molar-refractivity contribution in [3.05, 3.63) is 115 Å². The zero-order chi connectivity index (χ0) is 24.2. The summed E-state index contributed by atoms with van der Waals surface area (Å²) in [7, 11) is 1.60. The number of rotatable bonds is 7. The van der Waals surface area contributed by atoms with Crippen molar-refractivity contribution < 1.29 is 9.53 Å². The van der Waals surface area contributed by atoms with E-state index in [2.05, 4.69) is 15.3 Å². The van der Waals surface area contributed by atoms with Crippen LogP contribution >= 0.6 is 24.8 Å². The standard InChI is InChI=1S/C29H26N4O2.2ClH/c1-35-29-27-23(16-17-31-27)24(18-32-29)19-12-14-22(15-13-19)33-28(34)26(30)25(20-8-4-2-5-9-20)21-10-6-3-7-11-21;;/h2-18,25-26,31H,30H2,1H3,(H,33,34);2*1H. The molecule has 3 aromatic carbocycles. The maximum absolute atomic E-state index is 13.2. The van der Waals surface area contributed by atoms with Crippen molar-refractivity contribution >= 4 is 47.3 Å². The molecule has 37 heavy (non-hydrogen) atoms. The molecule has 0 aliphatic rings. The van der Waals surface area contributed by atoms with E-state index in [1.807, 2.05) is 97.2 Å². The molecular weight excluding hydrogens is 507 g/mol. The smallest absolute Gasteiger partial charge is 0.242 e. The molecule has 0 radical (unpaired) electrons. The van der Waals surface area contributed by atoms with Gasteiger partial charge in [0.1, 0.15) is 5.52 Å². The molecule has 0 aliphatic carbocycles. The van der Waals surface area contributed by atoms with Crippen molar-refractivity contribution in [3.8, 4) is 17.0 Å². The van der Waals surface area contributed by atoms with E-state index >= 15 is 0 Å². The van der Waals surface area contributed by atoms with E-state index in [-0.39, 0.29) is 36.6 Å². The van der Waals surface area contributed by atoms with Crippen molar-refractivity contribution in [2.24, 2.45) is 5.73 Å². The first kappa shape index (κ1) is 27.7. The molecule has 1 unspecified atom stereocenters. The Labute approximate surface area is 228 Å². The topological polar surface area (TPSA) is 93.0 Å². The number of fused-ring (bicyclic) bond motifs is 1. The number of hydrogen-bond donors (Lipinski definition) is 3. The molecule has 0 saturated carbocycles. The number of nitrogens with zero attached hydrogens (tertiary/aromatic N) is 1. The summed E-state index contributed by atoms with van der Waals surface area (Å²) in [6.07, 6.45) is 3.66. The first-order chi connectivity index (χ1) is 17.2. The van der Waals surface area contributed by atoms with E-state index in [9.17, 15) is 4.79 Å². The lowest BCUT2D eigenvalue weighted by Crippen LogP contribution is -2.41. The van der Waals surface area contributed by atoms with Crippen molar-refractivity contribution in [3.63, 3.8) is 0 Å². The molecule has 0 saturated heterocycles. The Morgan fingerprint density at radius 3 is 2.05 bits per heavy atom. The monoisotopic (exact) mass is 534 g/mol. The minimum Gasteiger partial charge on any atom is -0.479 e. The van der Waals surface area contributed by atoms with Gasteiger partial charge in [-0.05, 0) is 34.9 Å². The Morgan fingerprint density at radius 2 is 1.49 bits per heavy atom. The molecule has 6 nitrogen and oxygen atoms in total. The van der Waals surface area contributed by atoms with Crippen LogP contribution in [0.25, 0.3) is 22.0 Å². The molecular formula is C29H28Cl2N4O2. The lowest BCUT2D eigenvalue weighted by molar-refractivity contribution is -0.117. The fourth-order valence-electron chi connectivity index (χ4n) is 4.45. The van der Waals surface area contributed by atoms with Crippen LogP contribution in [0.1, 0.15) is 17.0 Å². The van der Waals surface area contributed by atoms with Gasteiger partial charge in [0.25, 0.3) is 0 Å². The van der Waals surface area contributed by atoms with Crippen molar-refractivity contribution in [1.29, 1.82) is 0 Å². The Kier molecular flexibility index (Phi) is 9.31. The van der Waals surface area contributed by atoms with Crippen LogP contribution in [0, 0.1) is 0 Å². The summed E-state index contributed by atoms with van der Waals surface area (Å²) in [4.78, 5) is 20.8. The zero-order valence-electron chi connectivity index (χ0n) is 20.1.